The molecule has 3 rings (SSSR count). The monoisotopic (exact) mass is 357 g/mol. The quantitative estimate of drug-likeness (QED) is 0.846. The number of halogens is 1. The average Bonchev–Trinajstić information content (AvgIpc) is 2.97. The summed E-state index contributed by atoms with van der Waals surface area (Å²) >= 11 is 0. The first-order valence-corrected chi connectivity index (χ1v) is 8.88. The van der Waals surface area contributed by atoms with E-state index < -0.39 is 32.8 Å². The van der Waals surface area contributed by atoms with Crippen molar-refractivity contribution in [2.75, 3.05) is 17.9 Å². The van der Waals surface area contributed by atoms with Crippen LogP contribution in [-0.2, 0) is 24.3 Å². The summed E-state index contributed by atoms with van der Waals surface area (Å²) < 4.78 is 51.8. The molecule has 1 heterocycles. The van der Waals surface area contributed by atoms with Gasteiger partial charge in [0, 0.05) is 6.42 Å². The van der Waals surface area contributed by atoms with Crippen molar-refractivity contribution in [1.29, 1.82) is 0 Å². The van der Waals surface area contributed by atoms with Gasteiger partial charge in [0.25, 0.3) is 0 Å². The van der Waals surface area contributed by atoms with Gasteiger partial charge in [-0.05, 0) is 24.6 Å². The van der Waals surface area contributed by atoms with Crippen molar-refractivity contribution < 1.29 is 32.2 Å². The van der Waals surface area contributed by atoms with Gasteiger partial charge in [-0.25, -0.2) is 17.6 Å². The number of rotatable bonds is 4. The minimum absolute atomic E-state index is 0.0120. The van der Waals surface area contributed by atoms with Crippen LogP contribution in [0.1, 0.15) is 12.8 Å². The zero-order chi connectivity index (χ0) is 17.4. The van der Waals surface area contributed by atoms with Crippen LogP contribution in [0.15, 0.2) is 35.9 Å². The molecular formula is C15H16FNO6S. The van der Waals surface area contributed by atoms with E-state index in [2.05, 4.69) is 4.72 Å². The molecule has 9 heteroatoms. The Balaban J connectivity index is 1.92. The Labute approximate surface area is 138 Å². The van der Waals surface area contributed by atoms with Crippen LogP contribution in [0.4, 0.5) is 10.1 Å². The lowest BCUT2D eigenvalue weighted by Gasteiger charge is -2.32. The van der Waals surface area contributed by atoms with E-state index in [-0.39, 0.29) is 24.1 Å². The lowest BCUT2D eigenvalue weighted by Crippen LogP contribution is -2.41. The summed E-state index contributed by atoms with van der Waals surface area (Å²) in [4.78, 5) is 11.5. The molecule has 1 fully saturated rings. The fraction of sp³-hybridized carbons (Fsp3) is 0.400. The summed E-state index contributed by atoms with van der Waals surface area (Å²) in [6, 6.07) is 5.28. The van der Waals surface area contributed by atoms with Crippen molar-refractivity contribution in [2.45, 2.75) is 23.9 Å². The molecule has 0 bridgehead atoms. The molecule has 1 aromatic rings. The fourth-order valence-corrected chi connectivity index (χ4v) is 4.42. The van der Waals surface area contributed by atoms with Gasteiger partial charge in [0.2, 0.25) is 10.0 Å². The molecule has 2 N–H and O–H groups in total. The Morgan fingerprint density at radius 2 is 1.96 bits per heavy atom. The number of carboxylic acids is 1. The van der Waals surface area contributed by atoms with Crippen LogP contribution in [0, 0.1) is 5.82 Å². The van der Waals surface area contributed by atoms with Gasteiger partial charge in [-0.2, -0.15) is 0 Å². The van der Waals surface area contributed by atoms with Gasteiger partial charge in [0.15, 0.2) is 5.79 Å². The van der Waals surface area contributed by atoms with E-state index in [1.54, 1.807) is 0 Å². The van der Waals surface area contributed by atoms with E-state index in [0.29, 0.717) is 13.2 Å². The van der Waals surface area contributed by atoms with Gasteiger partial charge in [-0.1, -0.05) is 12.1 Å². The molecule has 1 unspecified atom stereocenters. The van der Waals surface area contributed by atoms with Gasteiger partial charge >= 0.3 is 5.97 Å². The van der Waals surface area contributed by atoms with Crippen LogP contribution in [0.2, 0.25) is 0 Å². The number of hydrogen-bond donors (Lipinski definition) is 2. The largest absolute Gasteiger partial charge is 0.478 e. The van der Waals surface area contributed by atoms with E-state index in [1.165, 1.54) is 24.3 Å². The predicted octanol–water partition coefficient (Wildman–Crippen LogP) is 1.48. The first-order valence-electron chi connectivity index (χ1n) is 7.33. The highest BCUT2D eigenvalue weighted by Gasteiger charge is 2.45. The molecule has 0 radical (unpaired) electrons. The second-order valence-electron chi connectivity index (χ2n) is 5.57. The number of aliphatic carboxylic acids is 1. The van der Waals surface area contributed by atoms with E-state index >= 15 is 0 Å². The van der Waals surface area contributed by atoms with Crippen molar-refractivity contribution in [3.8, 4) is 0 Å². The van der Waals surface area contributed by atoms with Crippen LogP contribution in [0.25, 0.3) is 0 Å². The fourth-order valence-electron chi connectivity index (χ4n) is 2.88. The van der Waals surface area contributed by atoms with E-state index in [4.69, 9.17) is 9.47 Å². The molecule has 1 aliphatic carbocycles. The third kappa shape index (κ3) is 3.14. The average molecular weight is 357 g/mol. The lowest BCUT2D eigenvalue weighted by molar-refractivity contribution is -0.138. The van der Waals surface area contributed by atoms with E-state index in [9.17, 15) is 22.7 Å². The first kappa shape index (κ1) is 16.9. The lowest BCUT2D eigenvalue weighted by atomic mass is 9.94. The zero-order valence-corrected chi connectivity index (χ0v) is 13.4. The zero-order valence-electron chi connectivity index (χ0n) is 12.6. The van der Waals surface area contributed by atoms with E-state index in [1.807, 2.05) is 0 Å². The third-order valence-corrected chi connectivity index (χ3v) is 5.74. The number of carboxylic acid groups (broad SMARTS) is 1. The SMILES string of the molecule is O=C(O)C1=CC2(CCC1S(=O)(=O)Nc1ccccc1F)OCCO2. The number of ether oxygens (including phenoxy) is 2. The van der Waals surface area contributed by atoms with E-state index in [0.717, 1.165) is 6.07 Å². The molecule has 2 aliphatic rings. The molecule has 0 aromatic heterocycles. The van der Waals surface area contributed by atoms with Gasteiger partial charge < -0.3 is 14.6 Å². The second-order valence-corrected chi connectivity index (χ2v) is 7.43. The van der Waals surface area contributed by atoms with Crippen LogP contribution in [0.5, 0.6) is 0 Å². The van der Waals surface area contributed by atoms with Crippen LogP contribution >= 0.6 is 0 Å². The molecule has 0 saturated carbocycles. The summed E-state index contributed by atoms with van der Waals surface area (Å²) in [7, 11) is -4.15. The van der Waals surface area contributed by atoms with Gasteiger partial charge in [0.05, 0.1) is 24.5 Å². The molecule has 24 heavy (non-hydrogen) atoms. The summed E-state index contributed by atoms with van der Waals surface area (Å²) in [6.07, 6.45) is 1.39. The highest BCUT2D eigenvalue weighted by Crippen LogP contribution is 2.37. The predicted molar refractivity (Wildman–Crippen MR) is 82.3 cm³/mol. The first-order chi connectivity index (χ1) is 11.3. The minimum Gasteiger partial charge on any atom is -0.478 e. The number of nitrogens with one attached hydrogen (secondary N) is 1. The molecule has 130 valence electrons. The van der Waals surface area contributed by atoms with Gasteiger partial charge in [0.1, 0.15) is 11.1 Å². The Morgan fingerprint density at radius 3 is 2.58 bits per heavy atom. The van der Waals surface area contributed by atoms with Crippen molar-refractivity contribution in [2.24, 2.45) is 0 Å². The van der Waals surface area contributed by atoms with Crippen molar-refractivity contribution in [3.63, 3.8) is 0 Å². The number of carbonyl (C=O) groups is 1. The van der Waals surface area contributed by atoms with Crippen molar-refractivity contribution in [3.05, 3.63) is 41.7 Å². The molecular weight excluding hydrogens is 341 g/mol. The second kappa shape index (κ2) is 6.15. The Hall–Kier alpha value is -1.97. The molecule has 7 nitrogen and oxygen atoms in total. The number of benzene rings is 1. The number of sulfonamides is 1. The Morgan fingerprint density at radius 1 is 1.29 bits per heavy atom. The van der Waals surface area contributed by atoms with Crippen molar-refractivity contribution in [1.82, 2.24) is 0 Å². The van der Waals surface area contributed by atoms with Gasteiger partial charge in [-0.3, -0.25) is 4.72 Å². The highest BCUT2D eigenvalue weighted by atomic mass is 32.2. The standard InChI is InChI=1S/C15H16FNO6S/c16-11-3-1-2-4-12(11)17-24(20,21)13-5-6-15(22-7-8-23-15)9-10(13)14(18)19/h1-4,9,13,17H,5-8H2,(H,18,19). The molecule has 1 aromatic carbocycles. The minimum atomic E-state index is -4.15. The summed E-state index contributed by atoms with van der Waals surface area (Å²) in [5.41, 5.74) is -0.567. The Kier molecular flexibility index (Phi) is 4.33. The van der Waals surface area contributed by atoms with Crippen molar-refractivity contribution >= 4 is 21.7 Å². The normalized spacial score (nSPS) is 23.0. The molecule has 1 atom stereocenters. The summed E-state index contributed by atoms with van der Waals surface area (Å²) in [5, 5.41) is 8.06. The Bertz CT molecular complexity index is 785. The highest BCUT2D eigenvalue weighted by molar-refractivity contribution is 7.93. The third-order valence-electron chi connectivity index (χ3n) is 4.00. The van der Waals surface area contributed by atoms with Crippen LogP contribution in [0.3, 0.4) is 0 Å². The molecule has 0 amide bonds. The van der Waals surface area contributed by atoms with Crippen LogP contribution in [-0.4, -0.2) is 43.7 Å². The number of hydrogen-bond acceptors (Lipinski definition) is 5. The topological polar surface area (TPSA) is 102 Å². The number of para-hydroxylation sites is 1. The molecule has 1 spiro atoms. The maximum Gasteiger partial charge on any atom is 0.332 e. The number of anilines is 1. The maximum absolute atomic E-state index is 13.7. The smallest absolute Gasteiger partial charge is 0.332 e. The summed E-state index contributed by atoms with van der Waals surface area (Å²) in [5.74, 6) is -3.30. The molecule has 1 saturated heterocycles. The van der Waals surface area contributed by atoms with Crippen LogP contribution < -0.4 is 4.72 Å². The van der Waals surface area contributed by atoms with Gasteiger partial charge in [-0.15, -0.1) is 0 Å². The maximum atomic E-state index is 13.7. The molecule has 1 aliphatic heterocycles. The summed E-state index contributed by atoms with van der Waals surface area (Å²) in [6.45, 7) is 0.628.